The Morgan fingerprint density at radius 3 is 3.00 bits per heavy atom. The average Bonchev–Trinajstić information content (AvgIpc) is 2.83. The van der Waals surface area contributed by atoms with Crippen LogP contribution in [-0.4, -0.2) is 15.8 Å². The zero-order chi connectivity index (χ0) is 12.3. The third-order valence-corrected chi connectivity index (χ3v) is 3.95. The van der Waals surface area contributed by atoms with E-state index in [2.05, 4.69) is 37.4 Å². The van der Waals surface area contributed by atoms with Crippen LogP contribution in [0, 0.1) is 5.41 Å². The van der Waals surface area contributed by atoms with Crippen molar-refractivity contribution in [1.82, 2.24) is 15.1 Å². The van der Waals surface area contributed by atoms with Crippen LogP contribution >= 0.6 is 0 Å². The summed E-state index contributed by atoms with van der Waals surface area (Å²) in [5.41, 5.74) is 1.76. The quantitative estimate of drug-likeness (QED) is 0.850. The molecule has 0 aromatic carbocycles. The SMILES string of the molecule is CCCn1cc(CNC2CCCC2(C)C)cn1. The van der Waals surface area contributed by atoms with Gasteiger partial charge in [0, 0.05) is 30.9 Å². The summed E-state index contributed by atoms with van der Waals surface area (Å²) in [4.78, 5) is 0. The molecular weight excluding hydrogens is 210 g/mol. The van der Waals surface area contributed by atoms with Crippen LogP contribution in [0.3, 0.4) is 0 Å². The maximum absolute atomic E-state index is 4.36. The lowest BCUT2D eigenvalue weighted by atomic mass is 9.87. The van der Waals surface area contributed by atoms with Gasteiger partial charge in [0.25, 0.3) is 0 Å². The van der Waals surface area contributed by atoms with Gasteiger partial charge in [-0.05, 0) is 24.7 Å². The van der Waals surface area contributed by atoms with E-state index in [0.717, 1.165) is 19.5 Å². The fourth-order valence-electron chi connectivity index (χ4n) is 2.80. The van der Waals surface area contributed by atoms with E-state index in [1.807, 2.05) is 10.9 Å². The lowest BCUT2D eigenvalue weighted by molar-refractivity contribution is 0.282. The Kier molecular flexibility index (Phi) is 3.87. The number of hydrogen-bond donors (Lipinski definition) is 1. The van der Waals surface area contributed by atoms with Crippen molar-refractivity contribution in [2.45, 2.75) is 65.6 Å². The van der Waals surface area contributed by atoms with E-state index in [1.54, 1.807) is 0 Å². The number of rotatable bonds is 5. The van der Waals surface area contributed by atoms with Gasteiger partial charge >= 0.3 is 0 Å². The Balaban J connectivity index is 1.85. The normalized spacial score (nSPS) is 23.1. The Labute approximate surface area is 105 Å². The molecule has 1 fully saturated rings. The second-order valence-corrected chi connectivity index (χ2v) is 5.93. The van der Waals surface area contributed by atoms with Crippen molar-refractivity contribution >= 4 is 0 Å². The molecule has 1 aromatic heterocycles. The molecule has 1 aliphatic rings. The highest BCUT2D eigenvalue weighted by molar-refractivity contribution is 5.04. The lowest BCUT2D eigenvalue weighted by Gasteiger charge is -2.27. The molecule has 1 aromatic rings. The number of hydrogen-bond acceptors (Lipinski definition) is 2. The van der Waals surface area contributed by atoms with Gasteiger partial charge in [0.2, 0.25) is 0 Å². The van der Waals surface area contributed by atoms with Crippen LogP contribution in [0.15, 0.2) is 12.4 Å². The summed E-state index contributed by atoms with van der Waals surface area (Å²) in [7, 11) is 0. The van der Waals surface area contributed by atoms with Crippen molar-refractivity contribution in [1.29, 1.82) is 0 Å². The maximum atomic E-state index is 4.36. The summed E-state index contributed by atoms with van der Waals surface area (Å²) < 4.78 is 2.04. The molecule has 1 atom stereocenters. The Bertz CT molecular complexity index is 354. The lowest BCUT2D eigenvalue weighted by Crippen LogP contribution is -2.37. The highest BCUT2D eigenvalue weighted by atomic mass is 15.3. The fourth-order valence-corrected chi connectivity index (χ4v) is 2.80. The van der Waals surface area contributed by atoms with E-state index in [1.165, 1.54) is 24.8 Å². The monoisotopic (exact) mass is 235 g/mol. The van der Waals surface area contributed by atoms with E-state index in [4.69, 9.17) is 0 Å². The molecule has 0 radical (unpaired) electrons. The first-order chi connectivity index (χ1) is 8.12. The summed E-state index contributed by atoms with van der Waals surface area (Å²) in [5, 5.41) is 8.05. The minimum Gasteiger partial charge on any atom is -0.309 e. The van der Waals surface area contributed by atoms with Crippen molar-refractivity contribution in [2.75, 3.05) is 0 Å². The van der Waals surface area contributed by atoms with Crippen molar-refractivity contribution in [2.24, 2.45) is 5.41 Å². The molecule has 0 amide bonds. The predicted molar refractivity (Wildman–Crippen MR) is 70.8 cm³/mol. The molecule has 3 heteroatoms. The molecule has 96 valence electrons. The van der Waals surface area contributed by atoms with Crippen LogP contribution in [0.5, 0.6) is 0 Å². The van der Waals surface area contributed by atoms with Crippen molar-refractivity contribution in [3.63, 3.8) is 0 Å². The van der Waals surface area contributed by atoms with Crippen molar-refractivity contribution in [3.05, 3.63) is 18.0 Å². The number of aryl methyl sites for hydroxylation is 1. The molecule has 0 bridgehead atoms. The van der Waals surface area contributed by atoms with Crippen LogP contribution < -0.4 is 5.32 Å². The highest BCUT2D eigenvalue weighted by Gasteiger charge is 2.33. The molecule has 17 heavy (non-hydrogen) atoms. The summed E-state index contributed by atoms with van der Waals surface area (Å²) in [5.74, 6) is 0. The Morgan fingerprint density at radius 1 is 1.53 bits per heavy atom. The van der Waals surface area contributed by atoms with Crippen LogP contribution in [0.2, 0.25) is 0 Å². The predicted octanol–water partition coefficient (Wildman–Crippen LogP) is 2.96. The fraction of sp³-hybridized carbons (Fsp3) is 0.786. The van der Waals surface area contributed by atoms with Crippen LogP contribution in [-0.2, 0) is 13.1 Å². The van der Waals surface area contributed by atoms with Gasteiger partial charge in [-0.3, -0.25) is 4.68 Å². The molecule has 0 saturated heterocycles. The first-order valence-electron chi connectivity index (χ1n) is 6.86. The smallest absolute Gasteiger partial charge is 0.0534 e. The third kappa shape index (κ3) is 3.09. The average molecular weight is 235 g/mol. The molecule has 1 N–H and O–H groups in total. The largest absolute Gasteiger partial charge is 0.309 e. The Morgan fingerprint density at radius 2 is 2.35 bits per heavy atom. The van der Waals surface area contributed by atoms with Crippen LogP contribution in [0.1, 0.15) is 52.0 Å². The molecule has 0 aliphatic heterocycles. The Hall–Kier alpha value is -0.830. The molecule has 3 nitrogen and oxygen atoms in total. The van der Waals surface area contributed by atoms with E-state index in [9.17, 15) is 0 Å². The zero-order valence-electron chi connectivity index (χ0n) is 11.4. The summed E-state index contributed by atoms with van der Waals surface area (Å²) >= 11 is 0. The van der Waals surface area contributed by atoms with E-state index >= 15 is 0 Å². The second kappa shape index (κ2) is 5.21. The zero-order valence-corrected chi connectivity index (χ0v) is 11.4. The van der Waals surface area contributed by atoms with E-state index < -0.39 is 0 Å². The molecule has 0 spiro atoms. The minimum absolute atomic E-state index is 0.458. The van der Waals surface area contributed by atoms with E-state index in [0.29, 0.717) is 11.5 Å². The summed E-state index contributed by atoms with van der Waals surface area (Å²) in [6.07, 6.45) is 9.32. The van der Waals surface area contributed by atoms with Crippen LogP contribution in [0.25, 0.3) is 0 Å². The van der Waals surface area contributed by atoms with Crippen LogP contribution in [0.4, 0.5) is 0 Å². The molecule has 1 heterocycles. The molecular formula is C14H25N3. The van der Waals surface area contributed by atoms with Gasteiger partial charge in [-0.1, -0.05) is 27.2 Å². The van der Waals surface area contributed by atoms with Crippen molar-refractivity contribution in [3.8, 4) is 0 Å². The van der Waals surface area contributed by atoms with Gasteiger partial charge < -0.3 is 5.32 Å². The highest BCUT2D eigenvalue weighted by Crippen LogP contribution is 2.37. The minimum atomic E-state index is 0.458. The first-order valence-corrected chi connectivity index (χ1v) is 6.86. The van der Waals surface area contributed by atoms with Gasteiger partial charge in [-0.25, -0.2) is 0 Å². The number of aromatic nitrogens is 2. The maximum Gasteiger partial charge on any atom is 0.0534 e. The first kappa shape index (κ1) is 12.6. The molecule has 1 unspecified atom stereocenters. The van der Waals surface area contributed by atoms with Gasteiger partial charge in [0.15, 0.2) is 0 Å². The topological polar surface area (TPSA) is 29.9 Å². The second-order valence-electron chi connectivity index (χ2n) is 5.93. The number of nitrogens with one attached hydrogen (secondary N) is 1. The van der Waals surface area contributed by atoms with Gasteiger partial charge in [0.05, 0.1) is 6.20 Å². The summed E-state index contributed by atoms with van der Waals surface area (Å²) in [6, 6.07) is 0.664. The van der Waals surface area contributed by atoms with Gasteiger partial charge in [-0.2, -0.15) is 5.10 Å². The molecule has 1 aliphatic carbocycles. The van der Waals surface area contributed by atoms with Gasteiger partial charge in [0.1, 0.15) is 0 Å². The van der Waals surface area contributed by atoms with Crippen molar-refractivity contribution < 1.29 is 0 Å². The van der Waals surface area contributed by atoms with Gasteiger partial charge in [-0.15, -0.1) is 0 Å². The third-order valence-electron chi connectivity index (χ3n) is 3.95. The molecule has 2 rings (SSSR count). The van der Waals surface area contributed by atoms with E-state index in [-0.39, 0.29) is 0 Å². The number of nitrogens with zero attached hydrogens (tertiary/aromatic N) is 2. The standard InChI is InChI=1S/C14H25N3/c1-4-8-17-11-12(10-16-17)9-15-13-6-5-7-14(13,2)3/h10-11,13,15H,4-9H2,1-3H3. The molecule has 1 saturated carbocycles. The summed E-state index contributed by atoms with van der Waals surface area (Å²) in [6.45, 7) is 8.91.